The topological polar surface area (TPSA) is 65.1 Å². The summed E-state index contributed by atoms with van der Waals surface area (Å²) in [5.74, 6) is -1.15. The van der Waals surface area contributed by atoms with Crippen LogP contribution in [0.5, 0.6) is 0 Å². The van der Waals surface area contributed by atoms with Crippen LogP contribution in [0.25, 0.3) is 0 Å². The zero-order chi connectivity index (χ0) is 24.8. The van der Waals surface area contributed by atoms with Gasteiger partial charge in [0.05, 0.1) is 24.4 Å². The predicted octanol–water partition coefficient (Wildman–Crippen LogP) is 5.19. The van der Waals surface area contributed by atoms with Crippen molar-refractivity contribution < 1.29 is 23.8 Å². The Morgan fingerprint density at radius 2 is 1.66 bits per heavy atom. The zero-order valence-corrected chi connectivity index (χ0v) is 21.0. The number of rotatable bonds is 10. The molecule has 0 bridgehead atoms. The average molecular weight is 492 g/mol. The van der Waals surface area contributed by atoms with Gasteiger partial charge in [-0.05, 0) is 54.8 Å². The van der Waals surface area contributed by atoms with E-state index < -0.39 is 5.79 Å². The lowest BCUT2D eigenvalue weighted by Crippen LogP contribution is -2.42. The molecular formula is C28H29NO5S. The highest BCUT2D eigenvalue weighted by Crippen LogP contribution is 2.45. The van der Waals surface area contributed by atoms with Crippen LogP contribution in [-0.2, 0) is 37.8 Å². The van der Waals surface area contributed by atoms with Gasteiger partial charge in [0.25, 0.3) is 11.7 Å². The van der Waals surface area contributed by atoms with Gasteiger partial charge in [0, 0.05) is 30.4 Å². The van der Waals surface area contributed by atoms with Gasteiger partial charge in [-0.2, -0.15) is 0 Å². The molecule has 0 saturated carbocycles. The largest absolute Gasteiger partial charge is 0.462 e. The van der Waals surface area contributed by atoms with E-state index >= 15 is 0 Å². The van der Waals surface area contributed by atoms with Crippen LogP contribution in [0.1, 0.15) is 34.0 Å². The Bertz CT molecular complexity index is 1180. The molecule has 0 atom stereocenters. The zero-order valence-electron chi connectivity index (χ0n) is 20.2. The first-order valence-electron chi connectivity index (χ1n) is 11.5. The summed E-state index contributed by atoms with van der Waals surface area (Å²) in [4.78, 5) is 28.0. The van der Waals surface area contributed by atoms with Gasteiger partial charge in [0.2, 0.25) is 0 Å². The molecule has 4 rings (SSSR count). The first-order chi connectivity index (χ1) is 17.0. The summed E-state index contributed by atoms with van der Waals surface area (Å²) >= 11 is 1.70. The summed E-state index contributed by atoms with van der Waals surface area (Å²) in [5, 5.41) is 0. The van der Waals surface area contributed by atoms with Gasteiger partial charge in [0.1, 0.15) is 0 Å². The van der Waals surface area contributed by atoms with Gasteiger partial charge in [-0.3, -0.25) is 4.79 Å². The van der Waals surface area contributed by atoms with E-state index in [4.69, 9.17) is 14.2 Å². The standard InChI is InChI=1S/C28H29NO5S/c1-4-34-26(30)22-12-10-20(11-13-22)16-17-35-23-14-15-25-24(18-23)28(32-2,33-3)27(31)29(25)19-21-8-6-5-7-9-21/h5-15,18H,4,16-17,19H2,1-3H3. The van der Waals surface area contributed by atoms with Gasteiger partial charge in [-0.1, -0.05) is 42.5 Å². The van der Waals surface area contributed by atoms with Gasteiger partial charge in [-0.25, -0.2) is 4.79 Å². The molecule has 1 heterocycles. The third kappa shape index (κ3) is 5.12. The third-order valence-electron chi connectivity index (χ3n) is 6.02. The summed E-state index contributed by atoms with van der Waals surface area (Å²) in [7, 11) is 2.99. The molecule has 182 valence electrons. The summed E-state index contributed by atoms with van der Waals surface area (Å²) < 4.78 is 16.4. The number of hydrogen-bond acceptors (Lipinski definition) is 6. The minimum Gasteiger partial charge on any atom is -0.462 e. The highest BCUT2D eigenvalue weighted by Gasteiger charge is 2.52. The smallest absolute Gasteiger partial charge is 0.338 e. The second-order valence-electron chi connectivity index (χ2n) is 8.10. The number of hydrogen-bond donors (Lipinski definition) is 0. The third-order valence-corrected chi connectivity index (χ3v) is 7.02. The highest BCUT2D eigenvalue weighted by atomic mass is 32.2. The van der Waals surface area contributed by atoms with Crippen molar-refractivity contribution in [1.82, 2.24) is 0 Å². The maximum absolute atomic E-state index is 13.4. The van der Waals surface area contributed by atoms with E-state index in [0.717, 1.165) is 33.9 Å². The van der Waals surface area contributed by atoms with E-state index in [1.54, 1.807) is 35.7 Å². The summed E-state index contributed by atoms with van der Waals surface area (Å²) in [6.07, 6.45) is 0.837. The molecule has 7 heteroatoms. The van der Waals surface area contributed by atoms with E-state index in [9.17, 15) is 9.59 Å². The monoisotopic (exact) mass is 491 g/mol. The summed E-state index contributed by atoms with van der Waals surface area (Å²) in [5.41, 5.74) is 4.23. The Morgan fingerprint density at radius 1 is 0.943 bits per heavy atom. The lowest BCUT2D eigenvalue weighted by molar-refractivity contribution is -0.209. The molecule has 0 N–H and O–H groups in total. The van der Waals surface area contributed by atoms with Gasteiger partial charge in [-0.15, -0.1) is 11.8 Å². The second-order valence-corrected chi connectivity index (χ2v) is 9.26. The molecule has 3 aromatic carbocycles. The van der Waals surface area contributed by atoms with Crippen LogP contribution in [0.3, 0.4) is 0 Å². The number of amides is 1. The van der Waals surface area contributed by atoms with Gasteiger partial charge >= 0.3 is 5.97 Å². The normalized spacial score (nSPS) is 14.1. The Hall–Kier alpha value is -3.13. The first kappa shape index (κ1) is 25.0. The van der Waals surface area contributed by atoms with Crippen LogP contribution < -0.4 is 4.90 Å². The number of ether oxygens (including phenoxy) is 3. The van der Waals surface area contributed by atoms with Crippen molar-refractivity contribution in [2.75, 3.05) is 31.5 Å². The molecule has 0 aromatic heterocycles. The molecule has 1 aliphatic rings. The Morgan fingerprint density at radius 3 is 2.31 bits per heavy atom. The number of benzene rings is 3. The lowest BCUT2D eigenvalue weighted by Gasteiger charge is -2.25. The van der Waals surface area contributed by atoms with Crippen LogP contribution in [0.15, 0.2) is 77.7 Å². The van der Waals surface area contributed by atoms with Crippen molar-refractivity contribution in [2.45, 2.75) is 30.6 Å². The van der Waals surface area contributed by atoms with Crippen LogP contribution >= 0.6 is 11.8 Å². The quantitative estimate of drug-likeness (QED) is 0.221. The molecule has 0 radical (unpaired) electrons. The maximum atomic E-state index is 13.4. The van der Waals surface area contributed by atoms with E-state index in [-0.39, 0.29) is 11.9 Å². The molecule has 0 spiro atoms. The number of aryl methyl sites for hydroxylation is 1. The van der Waals surface area contributed by atoms with Crippen molar-refractivity contribution in [2.24, 2.45) is 0 Å². The minimum absolute atomic E-state index is 0.231. The number of methoxy groups -OCH3 is 2. The van der Waals surface area contributed by atoms with E-state index in [0.29, 0.717) is 24.3 Å². The fraction of sp³-hybridized carbons (Fsp3) is 0.286. The molecular weight excluding hydrogens is 462 g/mol. The average Bonchev–Trinajstić information content (AvgIpc) is 3.12. The predicted molar refractivity (Wildman–Crippen MR) is 137 cm³/mol. The summed E-state index contributed by atoms with van der Waals surface area (Å²) in [6.45, 7) is 2.60. The summed E-state index contributed by atoms with van der Waals surface area (Å²) in [6, 6.07) is 23.3. The van der Waals surface area contributed by atoms with Crippen LogP contribution in [0.4, 0.5) is 5.69 Å². The highest BCUT2D eigenvalue weighted by molar-refractivity contribution is 7.99. The Labute approximate surface area is 210 Å². The van der Waals surface area contributed by atoms with Crippen molar-refractivity contribution in [3.8, 4) is 0 Å². The van der Waals surface area contributed by atoms with E-state index in [1.807, 2.05) is 60.7 Å². The Kier molecular flexibility index (Phi) is 7.90. The molecule has 1 amide bonds. The number of esters is 1. The lowest BCUT2D eigenvalue weighted by atomic mass is 10.1. The number of fused-ring (bicyclic) bond motifs is 1. The van der Waals surface area contributed by atoms with E-state index in [2.05, 4.69) is 0 Å². The van der Waals surface area contributed by atoms with Gasteiger partial charge < -0.3 is 19.1 Å². The minimum atomic E-state index is -1.45. The Balaban J connectivity index is 1.48. The molecule has 0 aliphatic carbocycles. The van der Waals surface area contributed by atoms with Crippen molar-refractivity contribution in [3.05, 3.63) is 95.1 Å². The fourth-order valence-corrected chi connectivity index (χ4v) is 5.15. The van der Waals surface area contributed by atoms with E-state index in [1.165, 1.54) is 14.2 Å². The first-order valence-corrected chi connectivity index (χ1v) is 12.5. The van der Waals surface area contributed by atoms with Crippen LogP contribution in [-0.4, -0.2) is 38.5 Å². The molecule has 1 aliphatic heterocycles. The molecule has 35 heavy (non-hydrogen) atoms. The number of carbonyl (C=O) groups excluding carboxylic acids is 2. The SMILES string of the molecule is CCOC(=O)c1ccc(CCSc2ccc3c(c2)C(OC)(OC)C(=O)N3Cc2ccccc2)cc1. The number of carbonyl (C=O) groups is 2. The molecule has 3 aromatic rings. The molecule has 0 saturated heterocycles. The van der Waals surface area contributed by atoms with Gasteiger partial charge in [0.15, 0.2) is 0 Å². The number of anilines is 1. The second kappa shape index (κ2) is 11.1. The molecule has 0 fully saturated rings. The molecule has 0 unspecified atom stereocenters. The van der Waals surface area contributed by atoms with Crippen molar-refractivity contribution in [3.63, 3.8) is 0 Å². The molecule has 6 nitrogen and oxygen atoms in total. The maximum Gasteiger partial charge on any atom is 0.338 e. The van der Waals surface area contributed by atoms with Crippen molar-refractivity contribution >= 4 is 29.3 Å². The number of nitrogens with zero attached hydrogens (tertiary/aromatic N) is 1. The number of thioether (sulfide) groups is 1. The van der Waals surface area contributed by atoms with Crippen LogP contribution in [0, 0.1) is 0 Å². The van der Waals surface area contributed by atoms with Crippen LogP contribution in [0.2, 0.25) is 0 Å². The van der Waals surface area contributed by atoms with Crippen molar-refractivity contribution in [1.29, 1.82) is 0 Å². The fourth-order valence-electron chi connectivity index (χ4n) is 4.22.